The molecule has 2 atom stereocenters. The first-order valence-corrected chi connectivity index (χ1v) is 7.91. The molecule has 22 heavy (non-hydrogen) atoms. The van der Waals surface area contributed by atoms with Crippen molar-refractivity contribution < 1.29 is 9.59 Å². The Kier molecular flexibility index (Phi) is 5.81. The summed E-state index contributed by atoms with van der Waals surface area (Å²) in [4.78, 5) is 25.2. The molecular formula is C17H25N3O2. The molecule has 0 aromatic heterocycles. The van der Waals surface area contributed by atoms with Crippen LogP contribution in [-0.2, 0) is 4.79 Å². The maximum absolute atomic E-state index is 12.3. The summed E-state index contributed by atoms with van der Waals surface area (Å²) in [6, 6.07) is 10.2. The zero-order valence-electron chi connectivity index (χ0n) is 13.3. The van der Waals surface area contributed by atoms with Crippen LogP contribution >= 0.6 is 0 Å². The second kappa shape index (κ2) is 7.82. The van der Waals surface area contributed by atoms with E-state index in [-0.39, 0.29) is 23.9 Å². The van der Waals surface area contributed by atoms with Gasteiger partial charge in [0.05, 0.1) is 0 Å². The van der Waals surface area contributed by atoms with Crippen molar-refractivity contribution in [2.45, 2.75) is 38.6 Å². The van der Waals surface area contributed by atoms with Crippen LogP contribution in [-0.4, -0.2) is 42.5 Å². The summed E-state index contributed by atoms with van der Waals surface area (Å²) in [6.45, 7) is 5.57. The molecule has 0 bridgehead atoms. The molecule has 1 heterocycles. The third-order valence-electron chi connectivity index (χ3n) is 4.04. The summed E-state index contributed by atoms with van der Waals surface area (Å²) in [6.07, 6.45) is 1.86. The fourth-order valence-electron chi connectivity index (χ4n) is 2.82. The van der Waals surface area contributed by atoms with Gasteiger partial charge >= 0.3 is 6.03 Å². The van der Waals surface area contributed by atoms with E-state index in [0.717, 1.165) is 19.4 Å². The molecule has 1 aliphatic heterocycles. The Bertz CT molecular complexity index is 504. The van der Waals surface area contributed by atoms with Gasteiger partial charge < -0.3 is 15.5 Å². The lowest BCUT2D eigenvalue weighted by Gasteiger charge is -2.33. The van der Waals surface area contributed by atoms with Crippen molar-refractivity contribution in [3.63, 3.8) is 0 Å². The Morgan fingerprint density at radius 3 is 2.73 bits per heavy atom. The van der Waals surface area contributed by atoms with Crippen LogP contribution < -0.4 is 10.6 Å². The van der Waals surface area contributed by atoms with Gasteiger partial charge in [-0.15, -0.1) is 0 Å². The van der Waals surface area contributed by atoms with Crippen molar-refractivity contribution >= 4 is 11.9 Å². The van der Waals surface area contributed by atoms with Gasteiger partial charge in [0.15, 0.2) is 0 Å². The molecule has 1 saturated heterocycles. The molecule has 0 saturated carbocycles. The molecule has 3 amide bonds. The second-order valence-electron chi connectivity index (χ2n) is 5.98. The quantitative estimate of drug-likeness (QED) is 0.895. The Morgan fingerprint density at radius 1 is 1.32 bits per heavy atom. The minimum atomic E-state index is -0.0437. The van der Waals surface area contributed by atoms with Crippen molar-refractivity contribution in [3.8, 4) is 0 Å². The topological polar surface area (TPSA) is 61.4 Å². The first kappa shape index (κ1) is 16.3. The number of hydrogen-bond acceptors (Lipinski definition) is 2. The van der Waals surface area contributed by atoms with Crippen LogP contribution in [0.1, 0.15) is 38.2 Å². The van der Waals surface area contributed by atoms with Crippen molar-refractivity contribution in [1.29, 1.82) is 0 Å². The SMILES string of the molecule is CC(=O)N[C@H]1CCCN(C(=O)NC[C@@H](C)c2ccccc2)C1. The van der Waals surface area contributed by atoms with Crippen molar-refractivity contribution in [2.75, 3.05) is 19.6 Å². The number of nitrogens with zero attached hydrogens (tertiary/aromatic N) is 1. The largest absolute Gasteiger partial charge is 0.352 e. The van der Waals surface area contributed by atoms with E-state index in [0.29, 0.717) is 13.1 Å². The summed E-state index contributed by atoms with van der Waals surface area (Å²) in [5.41, 5.74) is 1.22. The van der Waals surface area contributed by atoms with E-state index in [1.165, 1.54) is 12.5 Å². The molecule has 1 aromatic carbocycles. The molecule has 120 valence electrons. The predicted octanol–water partition coefficient (Wildman–Crippen LogP) is 2.10. The summed E-state index contributed by atoms with van der Waals surface area (Å²) >= 11 is 0. The molecule has 2 N–H and O–H groups in total. The smallest absolute Gasteiger partial charge is 0.317 e. The minimum Gasteiger partial charge on any atom is -0.352 e. The van der Waals surface area contributed by atoms with Gasteiger partial charge in [0, 0.05) is 32.6 Å². The van der Waals surface area contributed by atoms with Gasteiger partial charge in [-0.25, -0.2) is 4.79 Å². The number of carbonyl (C=O) groups excluding carboxylic acids is 2. The Hall–Kier alpha value is -2.04. The molecular weight excluding hydrogens is 278 g/mol. The van der Waals surface area contributed by atoms with Gasteiger partial charge in [-0.1, -0.05) is 37.3 Å². The van der Waals surface area contributed by atoms with Gasteiger partial charge in [-0.2, -0.15) is 0 Å². The lowest BCUT2D eigenvalue weighted by molar-refractivity contribution is -0.119. The lowest BCUT2D eigenvalue weighted by atomic mass is 10.0. The van der Waals surface area contributed by atoms with Crippen LogP contribution in [0, 0.1) is 0 Å². The van der Waals surface area contributed by atoms with Crippen molar-refractivity contribution in [3.05, 3.63) is 35.9 Å². The van der Waals surface area contributed by atoms with Gasteiger partial charge in [-0.05, 0) is 24.3 Å². The Labute approximate surface area is 132 Å². The summed E-state index contributed by atoms with van der Waals surface area (Å²) in [7, 11) is 0. The Balaban J connectivity index is 1.80. The van der Waals surface area contributed by atoms with Crippen molar-refractivity contribution in [1.82, 2.24) is 15.5 Å². The zero-order valence-corrected chi connectivity index (χ0v) is 13.3. The standard InChI is InChI=1S/C17H25N3O2/c1-13(15-7-4-3-5-8-15)11-18-17(22)20-10-6-9-16(12-20)19-14(2)21/h3-5,7-8,13,16H,6,9-12H2,1-2H3,(H,18,22)(H,19,21)/t13-,16+/m1/s1. The van der Waals surface area contributed by atoms with E-state index in [1.807, 2.05) is 18.2 Å². The molecule has 0 unspecified atom stereocenters. The van der Waals surface area contributed by atoms with Gasteiger partial charge in [0.25, 0.3) is 0 Å². The van der Waals surface area contributed by atoms with Crippen LogP contribution in [0.3, 0.4) is 0 Å². The van der Waals surface area contributed by atoms with Crippen molar-refractivity contribution in [2.24, 2.45) is 0 Å². The molecule has 0 aliphatic carbocycles. The van der Waals surface area contributed by atoms with E-state index < -0.39 is 0 Å². The highest BCUT2D eigenvalue weighted by atomic mass is 16.2. The van der Waals surface area contributed by atoms with E-state index in [1.54, 1.807) is 4.90 Å². The zero-order chi connectivity index (χ0) is 15.9. The number of hydrogen-bond donors (Lipinski definition) is 2. The number of amides is 3. The van der Waals surface area contributed by atoms with Crippen LogP contribution in [0.4, 0.5) is 4.79 Å². The Morgan fingerprint density at radius 2 is 2.05 bits per heavy atom. The highest BCUT2D eigenvalue weighted by molar-refractivity contribution is 5.75. The maximum Gasteiger partial charge on any atom is 0.317 e. The highest BCUT2D eigenvalue weighted by Crippen LogP contribution is 2.14. The second-order valence-corrected chi connectivity index (χ2v) is 5.98. The average molecular weight is 303 g/mol. The average Bonchev–Trinajstić information content (AvgIpc) is 2.52. The minimum absolute atomic E-state index is 0.0371. The molecule has 2 rings (SSSR count). The summed E-state index contributed by atoms with van der Waals surface area (Å²) in [5, 5.41) is 5.90. The van der Waals surface area contributed by atoms with Crippen LogP contribution in [0.25, 0.3) is 0 Å². The first-order valence-electron chi connectivity index (χ1n) is 7.91. The number of carbonyl (C=O) groups is 2. The molecule has 5 heteroatoms. The van der Waals surface area contributed by atoms with E-state index in [2.05, 4.69) is 29.7 Å². The van der Waals surface area contributed by atoms with Gasteiger partial charge in [0.1, 0.15) is 0 Å². The molecule has 1 fully saturated rings. The molecule has 0 spiro atoms. The first-order chi connectivity index (χ1) is 10.6. The number of rotatable bonds is 4. The normalized spacial score (nSPS) is 19.4. The number of nitrogens with one attached hydrogen (secondary N) is 2. The third-order valence-corrected chi connectivity index (χ3v) is 4.04. The number of likely N-dealkylation sites (tertiary alicyclic amines) is 1. The summed E-state index contributed by atoms with van der Waals surface area (Å²) in [5.74, 6) is 0.242. The molecule has 1 aliphatic rings. The van der Waals surface area contributed by atoms with Crippen LogP contribution in [0.2, 0.25) is 0 Å². The molecule has 0 radical (unpaired) electrons. The predicted molar refractivity (Wildman–Crippen MR) is 86.7 cm³/mol. The molecule has 1 aromatic rings. The lowest BCUT2D eigenvalue weighted by Crippen LogP contribution is -2.52. The number of urea groups is 1. The van der Waals surface area contributed by atoms with Gasteiger partial charge in [0.2, 0.25) is 5.91 Å². The maximum atomic E-state index is 12.3. The number of piperidine rings is 1. The monoisotopic (exact) mass is 303 g/mol. The third kappa shape index (κ3) is 4.76. The van der Waals surface area contributed by atoms with E-state index in [4.69, 9.17) is 0 Å². The van der Waals surface area contributed by atoms with E-state index in [9.17, 15) is 9.59 Å². The van der Waals surface area contributed by atoms with Crippen LogP contribution in [0.5, 0.6) is 0 Å². The highest BCUT2D eigenvalue weighted by Gasteiger charge is 2.24. The fourth-order valence-corrected chi connectivity index (χ4v) is 2.82. The number of benzene rings is 1. The fraction of sp³-hybridized carbons (Fsp3) is 0.529. The van der Waals surface area contributed by atoms with Gasteiger partial charge in [-0.3, -0.25) is 4.79 Å². The van der Waals surface area contributed by atoms with E-state index >= 15 is 0 Å². The molecule has 5 nitrogen and oxygen atoms in total. The van der Waals surface area contributed by atoms with Crippen LogP contribution in [0.15, 0.2) is 30.3 Å². The summed E-state index contributed by atoms with van der Waals surface area (Å²) < 4.78 is 0.